The Morgan fingerprint density at radius 1 is 1.19 bits per heavy atom. The SMILES string of the molecule is CC.CCC(C)N1CCC2(CCNCC2)C1. The number of nitrogens with one attached hydrogen (secondary N) is 1. The molecule has 96 valence electrons. The van der Waals surface area contributed by atoms with Crippen LogP contribution in [0.4, 0.5) is 0 Å². The number of piperidine rings is 1. The summed E-state index contributed by atoms with van der Waals surface area (Å²) in [5.41, 5.74) is 0.689. The lowest BCUT2D eigenvalue weighted by atomic mass is 9.78. The van der Waals surface area contributed by atoms with E-state index >= 15 is 0 Å². The van der Waals surface area contributed by atoms with E-state index in [2.05, 4.69) is 24.1 Å². The predicted molar refractivity (Wildman–Crippen MR) is 71.8 cm³/mol. The Morgan fingerprint density at radius 2 is 1.81 bits per heavy atom. The van der Waals surface area contributed by atoms with Gasteiger partial charge >= 0.3 is 0 Å². The number of hydrogen-bond donors (Lipinski definition) is 1. The van der Waals surface area contributed by atoms with Crippen LogP contribution in [0.2, 0.25) is 0 Å². The maximum absolute atomic E-state index is 3.48. The highest BCUT2D eigenvalue weighted by Crippen LogP contribution is 2.39. The minimum Gasteiger partial charge on any atom is -0.317 e. The van der Waals surface area contributed by atoms with E-state index in [1.165, 1.54) is 51.9 Å². The van der Waals surface area contributed by atoms with Crippen LogP contribution in [0.25, 0.3) is 0 Å². The third kappa shape index (κ3) is 3.21. The molecule has 2 saturated heterocycles. The molecule has 1 spiro atoms. The van der Waals surface area contributed by atoms with Gasteiger partial charge in [-0.05, 0) is 57.7 Å². The number of rotatable bonds is 2. The predicted octanol–water partition coefficient (Wildman–Crippen LogP) is 2.89. The molecule has 1 atom stereocenters. The fourth-order valence-electron chi connectivity index (χ4n) is 2.97. The lowest BCUT2D eigenvalue weighted by Crippen LogP contribution is -2.40. The van der Waals surface area contributed by atoms with Gasteiger partial charge in [0.05, 0.1) is 0 Å². The Balaban J connectivity index is 0.000000606. The Bertz CT molecular complexity index is 185. The van der Waals surface area contributed by atoms with Crippen LogP contribution in [0, 0.1) is 5.41 Å². The molecule has 2 heteroatoms. The van der Waals surface area contributed by atoms with Gasteiger partial charge in [0.25, 0.3) is 0 Å². The van der Waals surface area contributed by atoms with Gasteiger partial charge in [-0.1, -0.05) is 20.8 Å². The molecule has 0 radical (unpaired) electrons. The van der Waals surface area contributed by atoms with Gasteiger partial charge in [-0.2, -0.15) is 0 Å². The van der Waals surface area contributed by atoms with Crippen LogP contribution >= 0.6 is 0 Å². The minimum absolute atomic E-state index is 0.689. The van der Waals surface area contributed by atoms with Gasteiger partial charge in [0.15, 0.2) is 0 Å². The lowest BCUT2D eigenvalue weighted by molar-refractivity contribution is 0.173. The topological polar surface area (TPSA) is 15.3 Å². The maximum Gasteiger partial charge on any atom is 0.00645 e. The summed E-state index contributed by atoms with van der Waals surface area (Å²) in [7, 11) is 0. The van der Waals surface area contributed by atoms with E-state index in [1.807, 2.05) is 13.8 Å². The van der Waals surface area contributed by atoms with E-state index in [0.717, 1.165) is 6.04 Å². The van der Waals surface area contributed by atoms with E-state index in [1.54, 1.807) is 0 Å². The average molecular weight is 226 g/mol. The lowest BCUT2D eigenvalue weighted by Gasteiger charge is -2.34. The van der Waals surface area contributed by atoms with Crippen molar-refractivity contribution in [2.45, 2.75) is 59.4 Å². The molecule has 1 N–H and O–H groups in total. The van der Waals surface area contributed by atoms with E-state index in [4.69, 9.17) is 0 Å². The number of nitrogens with zero attached hydrogens (tertiary/aromatic N) is 1. The van der Waals surface area contributed by atoms with Crippen molar-refractivity contribution >= 4 is 0 Å². The van der Waals surface area contributed by atoms with Crippen LogP contribution in [-0.4, -0.2) is 37.1 Å². The molecule has 16 heavy (non-hydrogen) atoms. The molecule has 0 aromatic rings. The van der Waals surface area contributed by atoms with Crippen LogP contribution in [0.3, 0.4) is 0 Å². The fourth-order valence-corrected chi connectivity index (χ4v) is 2.97. The zero-order chi connectivity index (χ0) is 12.0. The van der Waals surface area contributed by atoms with Crippen LogP contribution in [0.5, 0.6) is 0 Å². The number of likely N-dealkylation sites (tertiary alicyclic amines) is 1. The summed E-state index contributed by atoms with van der Waals surface area (Å²) in [6.07, 6.45) is 5.55. The first kappa shape index (κ1) is 14.0. The molecule has 0 bridgehead atoms. The van der Waals surface area contributed by atoms with Crippen LogP contribution in [0.1, 0.15) is 53.4 Å². The van der Waals surface area contributed by atoms with Crippen molar-refractivity contribution in [3.05, 3.63) is 0 Å². The summed E-state index contributed by atoms with van der Waals surface area (Å²) in [6.45, 7) is 13.9. The first-order valence-electron chi connectivity index (χ1n) is 7.20. The van der Waals surface area contributed by atoms with Crippen LogP contribution in [-0.2, 0) is 0 Å². The zero-order valence-corrected chi connectivity index (χ0v) is 11.7. The second-order valence-corrected chi connectivity index (χ2v) is 5.23. The zero-order valence-electron chi connectivity index (χ0n) is 11.7. The van der Waals surface area contributed by atoms with Crippen molar-refractivity contribution in [1.29, 1.82) is 0 Å². The summed E-state index contributed by atoms with van der Waals surface area (Å²) in [5.74, 6) is 0. The maximum atomic E-state index is 3.48. The molecule has 2 nitrogen and oxygen atoms in total. The van der Waals surface area contributed by atoms with Crippen molar-refractivity contribution < 1.29 is 0 Å². The van der Waals surface area contributed by atoms with Gasteiger partial charge in [0.1, 0.15) is 0 Å². The van der Waals surface area contributed by atoms with Crippen molar-refractivity contribution in [1.82, 2.24) is 10.2 Å². The van der Waals surface area contributed by atoms with Gasteiger partial charge in [-0.15, -0.1) is 0 Å². The van der Waals surface area contributed by atoms with E-state index < -0.39 is 0 Å². The monoisotopic (exact) mass is 226 g/mol. The van der Waals surface area contributed by atoms with Gasteiger partial charge in [-0.25, -0.2) is 0 Å². The molecule has 0 aromatic heterocycles. The molecule has 0 saturated carbocycles. The molecular weight excluding hydrogens is 196 g/mol. The van der Waals surface area contributed by atoms with E-state index in [0.29, 0.717) is 5.41 Å². The Hall–Kier alpha value is -0.0800. The molecule has 0 aromatic carbocycles. The van der Waals surface area contributed by atoms with Crippen molar-refractivity contribution in [3.63, 3.8) is 0 Å². The highest BCUT2D eigenvalue weighted by atomic mass is 15.2. The Morgan fingerprint density at radius 3 is 2.38 bits per heavy atom. The number of hydrogen-bond acceptors (Lipinski definition) is 2. The summed E-state index contributed by atoms with van der Waals surface area (Å²) < 4.78 is 0. The van der Waals surface area contributed by atoms with E-state index in [9.17, 15) is 0 Å². The molecule has 2 aliphatic heterocycles. The van der Waals surface area contributed by atoms with Crippen molar-refractivity contribution in [2.24, 2.45) is 5.41 Å². The van der Waals surface area contributed by atoms with Crippen LogP contribution < -0.4 is 5.32 Å². The molecule has 0 aliphatic carbocycles. The summed E-state index contributed by atoms with van der Waals surface area (Å²) in [4.78, 5) is 2.70. The quantitative estimate of drug-likeness (QED) is 0.779. The molecular formula is C14H30N2. The summed E-state index contributed by atoms with van der Waals surface area (Å²) in [5, 5.41) is 3.48. The van der Waals surface area contributed by atoms with Crippen molar-refractivity contribution in [2.75, 3.05) is 26.2 Å². The van der Waals surface area contributed by atoms with Gasteiger partial charge in [-0.3, -0.25) is 0 Å². The van der Waals surface area contributed by atoms with Gasteiger partial charge in [0, 0.05) is 12.6 Å². The molecule has 2 rings (SSSR count). The minimum atomic E-state index is 0.689. The largest absolute Gasteiger partial charge is 0.317 e. The highest BCUT2D eigenvalue weighted by molar-refractivity contribution is 4.94. The molecule has 2 heterocycles. The average Bonchev–Trinajstić information content (AvgIpc) is 2.76. The normalized spacial score (nSPS) is 26.2. The highest BCUT2D eigenvalue weighted by Gasteiger charge is 2.39. The Labute approximate surface area is 102 Å². The molecule has 2 aliphatic rings. The first-order valence-corrected chi connectivity index (χ1v) is 7.20. The van der Waals surface area contributed by atoms with Crippen molar-refractivity contribution in [3.8, 4) is 0 Å². The third-order valence-corrected chi connectivity index (χ3v) is 4.35. The molecule has 1 unspecified atom stereocenters. The summed E-state index contributed by atoms with van der Waals surface area (Å²) >= 11 is 0. The first-order chi connectivity index (χ1) is 7.76. The smallest absolute Gasteiger partial charge is 0.00645 e. The standard InChI is InChI=1S/C12H24N2.C2H6/c1-3-11(2)14-9-6-12(10-14)4-7-13-8-5-12;1-2/h11,13H,3-10H2,1-2H3;1-2H3. The Kier molecular flexibility index (Phi) is 5.77. The van der Waals surface area contributed by atoms with E-state index in [-0.39, 0.29) is 0 Å². The second-order valence-electron chi connectivity index (χ2n) is 5.23. The van der Waals surface area contributed by atoms with Crippen LogP contribution in [0.15, 0.2) is 0 Å². The third-order valence-electron chi connectivity index (χ3n) is 4.35. The summed E-state index contributed by atoms with van der Waals surface area (Å²) in [6, 6.07) is 0.796. The van der Waals surface area contributed by atoms with Gasteiger partial charge < -0.3 is 10.2 Å². The fraction of sp³-hybridized carbons (Fsp3) is 1.00. The second kappa shape index (κ2) is 6.61. The molecule has 2 fully saturated rings. The molecule has 0 amide bonds. The van der Waals surface area contributed by atoms with Gasteiger partial charge in [0.2, 0.25) is 0 Å².